The molecule has 4 rings (SSSR count). The van der Waals surface area contributed by atoms with Gasteiger partial charge in [0.15, 0.2) is 11.5 Å². The molecule has 2 aromatic carbocycles. The highest BCUT2D eigenvalue weighted by molar-refractivity contribution is 5.95. The first kappa shape index (κ1) is 25.6. The van der Waals surface area contributed by atoms with Crippen molar-refractivity contribution < 1.29 is 28.5 Å². The van der Waals surface area contributed by atoms with Crippen molar-refractivity contribution in [2.24, 2.45) is 0 Å². The molecule has 0 N–H and O–H groups in total. The molecule has 0 aromatic heterocycles. The molecular weight excluding hydrogens is 462 g/mol. The Kier molecular flexibility index (Phi) is 8.20. The summed E-state index contributed by atoms with van der Waals surface area (Å²) in [6, 6.07) is 12.9. The summed E-state index contributed by atoms with van der Waals surface area (Å²) < 4.78 is 22.1. The van der Waals surface area contributed by atoms with E-state index < -0.39 is 6.09 Å². The number of benzene rings is 2. The summed E-state index contributed by atoms with van der Waals surface area (Å²) in [6.07, 6.45) is 0.150. The van der Waals surface area contributed by atoms with Crippen molar-refractivity contribution in [1.82, 2.24) is 9.80 Å². The number of hydrogen-bond acceptors (Lipinski definition) is 6. The molecule has 9 nitrogen and oxygen atoms in total. The molecule has 1 saturated heterocycles. The summed E-state index contributed by atoms with van der Waals surface area (Å²) in [5.41, 5.74) is 2.51. The molecule has 0 aliphatic carbocycles. The van der Waals surface area contributed by atoms with Crippen LogP contribution in [0, 0.1) is 0 Å². The fourth-order valence-corrected chi connectivity index (χ4v) is 4.93. The first-order valence-electron chi connectivity index (χ1n) is 12.4. The molecule has 2 aliphatic heterocycles. The average molecular weight is 498 g/mol. The minimum absolute atomic E-state index is 0.0801. The van der Waals surface area contributed by atoms with Gasteiger partial charge in [-0.2, -0.15) is 0 Å². The van der Waals surface area contributed by atoms with E-state index in [9.17, 15) is 9.59 Å². The van der Waals surface area contributed by atoms with Gasteiger partial charge >= 0.3 is 12.1 Å². The van der Waals surface area contributed by atoms with Gasteiger partial charge in [0.05, 0.1) is 45.8 Å². The van der Waals surface area contributed by atoms with Gasteiger partial charge in [0.2, 0.25) is 0 Å². The standard InChI is InChI=1S/C27H35N3O6/c1-5-36-27(32)29(18-20-9-7-6-8-10-20)22-15-19(2)30(26(31)28-11-13-35-14-12-28)23-17-25(34-4)24(33-3)16-21(22)23/h6-10,16-17,19,22H,5,11-15,18H2,1-4H3/t19-,22+/m1/s1. The zero-order valence-electron chi connectivity index (χ0n) is 21.4. The van der Waals surface area contributed by atoms with Crippen LogP contribution in [0.3, 0.4) is 0 Å². The molecule has 194 valence electrons. The molecule has 0 bridgehead atoms. The molecule has 0 radical (unpaired) electrons. The van der Waals surface area contributed by atoms with Gasteiger partial charge in [-0.25, -0.2) is 9.59 Å². The lowest BCUT2D eigenvalue weighted by atomic mass is 9.90. The maximum absolute atomic E-state index is 13.7. The van der Waals surface area contributed by atoms with E-state index in [1.54, 1.807) is 26.0 Å². The summed E-state index contributed by atoms with van der Waals surface area (Å²) in [5.74, 6) is 1.06. The minimum Gasteiger partial charge on any atom is -0.493 e. The monoisotopic (exact) mass is 497 g/mol. The highest BCUT2D eigenvalue weighted by atomic mass is 16.6. The molecule has 2 aromatic rings. The third-order valence-electron chi connectivity index (χ3n) is 6.72. The Bertz CT molecular complexity index is 1060. The first-order chi connectivity index (χ1) is 17.5. The lowest BCUT2D eigenvalue weighted by Gasteiger charge is -2.45. The van der Waals surface area contributed by atoms with Crippen molar-refractivity contribution in [3.63, 3.8) is 0 Å². The van der Waals surface area contributed by atoms with Crippen molar-refractivity contribution in [1.29, 1.82) is 0 Å². The highest BCUT2D eigenvalue weighted by Gasteiger charge is 2.41. The molecule has 1 fully saturated rings. The Morgan fingerprint density at radius 1 is 1.06 bits per heavy atom. The molecular formula is C27H35N3O6. The molecule has 0 saturated carbocycles. The number of nitrogens with zero attached hydrogens (tertiary/aromatic N) is 3. The molecule has 36 heavy (non-hydrogen) atoms. The third kappa shape index (κ3) is 5.21. The van der Waals surface area contributed by atoms with Crippen LogP contribution in [0.4, 0.5) is 15.3 Å². The van der Waals surface area contributed by atoms with Crippen LogP contribution < -0.4 is 14.4 Å². The van der Waals surface area contributed by atoms with E-state index in [0.29, 0.717) is 56.5 Å². The van der Waals surface area contributed by atoms with E-state index in [0.717, 1.165) is 11.1 Å². The fourth-order valence-electron chi connectivity index (χ4n) is 4.93. The number of morpholine rings is 1. The van der Waals surface area contributed by atoms with E-state index in [1.807, 2.05) is 59.2 Å². The summed E-state index contributed by atoms with van der Waals surface area (Å²) in [7, 11) is 3.15. The van der Waals surface area contributed by atoms with Gasteiger partial charge < -0.3 is 23.8 Å². The summed E-state index contributed by atoms with van der Waals surface area (Å²) in [6.45, 7) is 6.57. The largest absolute Gasteiger partial charge is 0.493 e. The molecule has 0 spiro atoms. The number of amides is 3. The summed E-state index contributed by atoms with van der Waals surface area (Å²) in [5, 5.41) is 0. The van der Waals surface area contributed by atoms with E-state index in [4.69, 9.17) is 18.9 Å². The second kappa shape index (κ2) is 11.5. The van der Waals surface area contributed by atoms with E-state index in [-0.39, 0.29) is 24.7 Å². The third-order valence-corrected chi connectivity index (χ3v) is 6.72. The molecule has 2 heterocycles. The summed E-state index contributed by atoms with van der Waals surface area (Å²) in [4.78, 5) is 32.3. The zero-order chi connectivity index (χ0) is 25.7. The van der Waals surface area contributed by atoms with E-state index in [2.05, 4.69) is 0 Å². The van der Waals surface area contributed by atoms with Crippen LogP contribution in [0.15, 0.2) is 42.5 Å². The lowest BCUT2D eigenvalue weighted by molar-refractivity contribution is 0.0536. The van der Waals surface area contributed by atoms with Gasteiger partial charge in [0.25, 0.3) is 0 Å². The van der Waals surface area contributed by atoms with Gasteiger partial charge in [0, 0.05) is 37.3 Å². The SMILES string of the molecule is CCOC(=O)N(Cc1ccccc1)[C@H]1C[C@@H](C)N(C(=O)N2CCOCC2)c2cc(OC)c(OC)cc21. The maximum Gasteiger partial charge on any atom is 0.410 e. The molecule has 2 atom stereocenters. The Morgan fingerprint density at radius 3 is 2.36 bits per heavy atom. The van der Waals surface area contributed by atoms with Crippen LogP contribution in [-0.2, 0) is 16.0 Å². The number of fused-ring (bicyclic) bond motifs is 1. The van der Waals surface area contributed by atoms with Crippen molar-refractivity contribution in [3.8, 4) is 11.5 Å². The first-order valence-corrected chi connectivity index (χ1v) is 12.4. The average Bonchev–Trinajstić information content (AvgIpc) is 2.91. The predicted molar refractivity (Wildman–Crippen MR) is 136 cm³/mol. The number of methoxy groups -OCH3 is 2. The number of urea groups is 1. The van der Waals surface area contributed by atoms with Crippen LogP contribution in [0.5, 0.6) is 11.5 Å². The number of carbonyl (C=O) groups is 2. The Morgan fingerprint density at radius 2 is 1.72 bits per heavy atom. The van der Waals surface area contributed by atoms with Gasteiger partial charge in [-0.3, -0.25) is 9.80 Å². The van der Waals surface area contributed by atoms with Gasteiger partial charge in [-0.15, -0.1) is 0 Å². The smallest absolute Gasteiger partial charge is 0.410 e. The van der Waals surface area contributed by atoms with Crippen LogP contribution >= 0.6 is 0 Å². The second-order valence-corrected chi connectivity index (χ2v) is 8.93. The molecule has 2 aliphatic rings. The zero-order valence-corrected chi connectivity index (χ0v) is 21.4. The normalized spacial score (nSPS) is 19.3. The lowest BCUT2D eigenvalue weighted by Crippen LogP contribution is -2.54. The Balaban J connectivity index is 1.80. The van der Waals surface area contributed by atoms with Crippen molar-refractivity contribution in [2.45, 2.75) is 38.9 Å². The Hall–Kier alpha value is -3.46. The Labute approximate surface area is 212 Å². The second-order valence-electron chi connectivity index (χ2n) is 8.93. The van der Waals surface area contributed by atoms with Gasteiger partial charge in [-0.05, 0) is 31.9 Å². The minimum atomic E-state index is -0.396. The topological polar surface area (TPSA) is 80.8 Å². The quantitative estimate of drug-likeness (QED) is 0.587. The van der Waals surface area contributed by atoms with Gasteiger partial charge in [0.1, 0.15) is 0 Å². The van der Waals surface area contributed by atoms with Crippen molar-refractivity contribution in [3.05, 3.63) is 53.6 Å². The van der Waals surface area contributed by atoms with E-state index in [1.165, 1.54) is 0 Å². The molecule has 0 unspecified atom stereocenters. The number of ether oxygens (including phenoxy) is 4. The number of rotatable bonds is 6. The predicted octanol–water partition coefficient (Wildman–Crippen LogP) is 4.45. The fraction of sp³-hybridized carbons (Fsp3) is 0.481. The maximum atomic E-state index is 13.7. The summed E-state index contributed by atoms with van der Waals surface area (Å²) >= 11 is 0. The number of carbonyl (C=O) groups excluding carboxylic acids is 2. The molecule has 3 amide bonds. The van der Waals surface area contributed by atoms with Gasteiger partial charge in [-0.1, -0.05) is 30.3 Å². The number of hydrogen-bond donors (Lipinski definition) is 0. The van der Waals surface area contributed by atoms with Crippen LogP contribution in [0.2, 0.25) is 0 Å². The molecule has 9 heteroatoms. The highest BCUT2D eigenvalue weighted by Crippen LogP contribution is 2.46. The van der Waals surface area contributed by atoms with Crippen LogP contribution in [0.1, 0.15) is 37.4 Å². The van der Waals surface area contributed by atoms with Crippen molar-refractivity contribution >= 4 is 17.8 Å². The van der Waals surface area contributed by atoms with Crippen LogP contribution in [-0.4, -0.2) is 75.1 Å². The van der Waals surface area contributed by atoms with Crippen LogP contribution in [0.25, 0.3) is 0 Å². The number of anilines is 1. The van der Waals surface area contributed by atoms with Crippen molar-refractivity contribution in [2.75, 3.05) is 52.0 Å². The van der Waals surface area contributed by atoms with E-state index >= 15 is 0 Å².